The number of ether oxygens (including phenoxy) is 1. The Bertz CT molecular complexity index is 785. The number of rotatable bonds is 3. The van der Waals surface area contributed by atoms with Crippen molar-refractivity contribution < 1.29 is 9.53 Å². The molecular formula is C22H25NO2. The van der Waals surface area contributed by atoms with Crippen molar-refractivity contribution in [3.63, 3.8) is 0 Å². The van der Waals surface area contributed by atoms with Crippen LogP contribution in [0.15, 0.2) is 48.5 Å². The Hall–Kier alpha value is -2.13. The van der Waals surface area contributed by atoms with Gasteiger partial charge in [-0.2, -0.15) is 0 Å². The van der Waals surface area contributed by atoms with Crippen molar-refractivity contribution in [2.75, 3.05) is 19.7 Å². The molecule has 3 nitrogen and oxygen atoms in total. The Labute approximate surface area is 149 Å². The summed E-state index contributed by atoms with van der Waals surface area (Å²) in [5, 5.41) is 0. The van der Waals surface area contributed by atoms with Crippen molar-refractivity contribution in [2.45, 2.75) is 38.1 Å². The van der Waals surface area contributed by atoms with E-state index in [-0.39, 0.29) is 5.78 Å². The number of aryl methyl sites for hydroxylation is 1. The Morgan fingerprint density at radius 2 is 1.88 bits per heavy atom. The van der Waals surface area contributed by atoms with Crippen LogP contribution in [0.2, 0.25) is 0 Å². The van der Waals surface area contributed by atoms with Crippen LogP contribution in [0.25, 0.3) is 0 Å². The molecule has 4 rings (SSSR count). The fourth-order valence-corrected chi connectivity index (χ4v) is 4.28. The fourth-order valence-electron chi connectivity index (χ4n) is 4.28. The van der Waals surface area contributed by atoms with Gasteiger partial charge in [-0.25, -0.2) is 0 Å². The van der Waals surface area contributed by atoms with Gasteiger partial charge in [-0.3, -0.25) is 9.69 Å². The van der Waals surface area contributed by atoms with Crippen molar-refractivity contribution in [1.82, 2.24) is 4.90 Å². The highest BCUT2D eigenvalue weighted by Crippen LogP contribution is 2.38. The molecule has 130 valence electrons. The Morgan fingerprint density at radius 3 is 2.76 bits per heavy atom. The number of nitrogens with zero attached hydrogens (tertiary/aromatic N) is 1. The minimum Gasteiger partial charge on any atom is -0.490 e. The molecule has 1 atom stereocenters. The van der Waals surface area contributed by atoms with Crippen LogP contribution in [0.4, 0.5) is 0 Å². The molecule has 2 aliphatic heterocycles. The quantitative estimate of drug-likeness (QED) is 0.848. The number of benzene rings is 2. The molecule has 0 aromatic heterocycles. The molecule has 2 aromatic carbocycles. The summed E-state index contributed by atoms with van der Waals surface area (Å²) in [6.45, 7) is 4.52. The number of ketones is 1. The van der Waals surface area contributed by atoms with Crippen LogP contribution in [0.1, 0.15) is 40.7 Å². The zero-order valence-corrected chi connectivity index (χ0v) is 14.8. The first-order valence-electron chi connectivity index (χ1n) is 9.27. The van der Waals surface area contributed by atoms with E-state index < -0.39 is 5.54 Å². The van der Waals surface area contributed by atoms with Gasteiger partial charge in [-0.15, -0.1) is 0 Å². The summed E-state index contributed by atoms with van der Waals surface area (Å²) >= 11 is 0. The third-order valence-electron chi connectivity index (χ3n) is 5.81. The molecule has 0 saturated carbocycles. The summed E-state index contributed by atoms with van der Waals surface area (Å²) in [5.74, 6) is 0.987. The highest BCUT2D eigenvalue weighted by atomic mass is 16.5. The van der Waals surface area contributed by atoms with Gasteiger partial charge in [0.15, 0.2) is 5.78 Å². The monoisotopic (exact) mass is 335 g/mol. The lowest BCUT2D eigenvalue weighted by Crippen LogP contribution is -2.62. The molecule has 1 spiro atoms. The molecular weight excluding hydrogens is 310 g/mol. The van der Waals surface area contributed by atoms with E-state index in [0.717, 1.165) is 50.1 Å². The van der Waals surface area contributed by atoms with Gasteiger partial charge >= 0.3 is 0 Å². The minimum absolute atomic E-state index is 0.249. The molecule has 1 saturated heterocycles. The maximum Gasteiger partial charge on any atom is 0.190 e. The zero-order chi connectivity index (χ0) is 17.3. The molecule has 2 heterocycles. The largest absolute Gasteiger partial charge is 0.490 e. The third-order valence-corrected chi connectivity index (χ3v) is 5.81. The average Bonchev–Trinajstić information content (AvgIpc) is 2.65. The van der Waals surface area contributed by atoms with Crippen LogP contribution in [0, 0.1) is 6.92 Å². The molecule has 2 aromatic rings. The molecule has 0 radical (unpaired) electrons. The maximum atomic E-state index is 13.4. The number of carbonyl (C=O) groups excluding carboxylic acids is 1. The maximum absolute atomic E-state index is 13.4. The summed E-state index contributed by atoms with van der Waals surface area (Å²) in [6.07, 6.45) is 4.12. The molecule has 1 fully saturated rings. The highest BCUT2D eigenvalue weighted by Gasteiger charge is 2.49. The van der Waals surface area contributed by atoms with Gasteiger partial charge < -0.3 is 4.74 Å². The summed E-state index contributed by atoms with van der Waals surface area (Å²) in [7, 11) is 0. The van der Waals surface area contributed by atoms with Gasteiger partial charge in [-0.05, 0) is 62.4 Å². The van der Waals surface area contributed by atoms with Gasteiger partial charge in [0, 0.05) is 6.54 Å². The van der Waals surface area contributed by atoms with E-state index in [2.05, 4.69) is 36.1 Å². The predicted octanol–water partition coefficient (Wildman–Crippen LogP) is 4.04. The second kappa shape index (κ2) is 6.64. The van der Waals surface area contributed by atoms with E-state index in [1.54, 1.807) is 0 Å². The Morgan fingerprint density at radius 1 is 1.08 bits per heavy atom. The second-order valence-electron chi connectivity index (χ2n) is 7.27. The van der Waals surface area contributed by atoms with Crippen molar-refractivity contribution in [3.05, 3.63) is 65.2 Å². The van der Waals surface area contributed by atoms with Gasteiger partial charge in [0.2, 0.25) is 0 Å². The molecule has 2 aliphatic rings. The van der Waals surface area contributed by atoms with E-state index >= 15 is 0 Å². The van der Waals surface area contributed by atoms with Crippen LogP contribution in [-0.2, 0) is 6.42 Å². The Balaban J connectivity index is 1.59. The summed E-state index contributed by atoms with van der Waals surface area (Å²) in [5.41, 5.74) is 2.96. The Kier molecular flexibility index (Phi) is 4.34. The SMILES string of the molecule is Cc1ccccc1CCN1CCCCC12COc1ccccc1C2=O. The van der Waals surface area contributed by atoms with Gasteiger partial charge in [0.1, 0.15) is 17.9 Å². The lowest BCUT2D eigenvalue weighted by molar-refractivity contribution is 0.00632. The van der Waals surface area contributed by atoms with Crippen LogP contribution >= 0.6 is 0 Å². The number of fused-ring (bicyclic) bond motifs is 1. The molecule has 0 aliphatic carbocycles. The van der Waals surface area contributed by atoms with E-state index in [9.17, 15) is 4.79 Å². The molecule has 25 heavy (non-hydrogen) atoms. The number of hydrogen-bond acceptors (Lipinski definition) is 3. The minimum atomic E-state index is -0.477. The summed E-state index contributed by atoms with van der Waals surface area (Å²) in [6, 6.07) is 16.2. The van der Waals surface area contributed by atoms with Gasteiger partial charge in [0.25, 0.3) is 0 Å². The zero-order valence-electron chi connectivity index (χ0n) is 14.8. The van der Waals surface area contributed by atoms with Crippen LogP contribution < -0.4 is 4.74 Å². The molecule has 0 bridgehead atoms. The van der Waals surface area contributed by atoms with Crippen molar-refractivity contribution >= 4 is 5.78 Å². The molecule has 3 heteroatoms. The first kappa shape index (κ1) is 16.3. The van der Waals surface area contributed by atoms with Crippen molar-refractivity contribution in [1.29, 1.82) is 0 Å². The molecule has 1 unspecified atom stereocenters. The van der Waals surface area contributed by atoms with Gasteiger partial charge in [0.05, 0.1) is 5.56 Å². The van der Waals surface area contributed by atoms with E-state index in [0.29, 0.717) is 6.61 Å². The molecule has 0 amide bonds. The topological polar surface area (TPSA) is 29.5 Å². The van der Waals surface area contributed by atoms with E-state index in [1.165, 1.54) is 11.1 Å². The predicted molar refractivity (Wildman–Crippen MR) is 99.3 cm³/mol. The number of para-hydroxylation sites is 1. The molecule has 0 N–H and O–H groups in total. The van der Waals surface area contributed by atoms with Crippen LogP contribution in [0.3, 0.4) is 0 Å². The number of Topliss-reactive ketones (excluding diaryl/α,β-unsaturated/α-hetero) is 1. The van der Waals surface area contributed by atoms with Crippen LogP contribution in [0.5, 0.6) is 5.75 Å². The summed E-state index contributed by atoms with van der Waals surface area (Å²) in [4.78, 5) is 15.8. The summed E-state index contributed by atoms with van der Waals surface area (Å²) < 4.78 is 6.03. The van der Waals surface area contributed by atoms with E-state index in [1.807, 2.05) is 24.3 Å². The number of likely N-dealkylation sites (tertiary alicyclic amines) is 1. The lowest BCUT2D eigenvalue weighted by atomic mass is 9.78. The van der Waals surface area contributed by atoms with Crippen LogP contribution in [-0.4, -0.2) is 35.9 Å². The van der Waals surface area contributed by atoms with Crippen molar-refractivity contribution in [2.24, 2.45) is 0 Å². The first-order valence-corrected chi connectivity index (χ1v) is 9.27. The second-order valence-corrected chi connectivity index (χ2v) is 7.27. The normalized spacial score (nSPS) is 23.3. The smallest absolute Gasteiger partial charge is 0.190 e. The number of hydrogen-bond donors (Lipinski definition) is 0. The van der Waals surface area contributed by atoms with Crippen molar-refractivity contribution in [3.8, 4) is 5.75 Å². The van der Waals surface area contributed by atoms with E-state index in [4.69, 9.17) is 4.74 Å². The fraction of sp³-hybridized carbons (Fsp3) is 0.409. The number of carbonyl (C=O) groups is 1. The lowest BCUT2D eigenvalue weighted by Gasteiger charge is -2.47. The third kappa shape index (κ3) is 2.87. The number of piperidine rings is 1. The first-order chi connectivity index (χ1) is 12.2. The average molecular weight is 335 g/mol. The van der Waals surface area contributed by atoms with Gasteiger partial charge in [-0.1, -0.05) is 36.4 Å². The highest BCUT2D eigenvalue weighted by molar-refractivity contribution is 6.06. The standard InChI is InChI=1S/C22H25NO2/c1-17-8-2-3-9-18(17)12-15-23-14-7-6-13-22(23)16-25-20-11-5-4-10-19(20)21(22)24/h2-5,8-11H,6-7,12-16H2,1H3.